The number of urea groups is 1. The highest BCUT2D eigenvalue weighted by atomic mass is 16.3. The van der Waals surface area contributed by atoms with E-state index in [0.717, 1.165) is 22.3 Å². The molecule has 0 unspecified atom stereocenters. The Kier molecular flexibility index (Phi) is 7.89. The zero-order chi connectivity index (χ0) is 23.3. The molecule has 170 valence electrons. The topological polar surface area (TPSA) is 64.0 Å². The Morgan fingerprint density at radius 3 is 1.41 bits per heavy atom. The Bertz CT molecular complexity index is 853. The zero-order valence-corrected chi connectivity index (χ0v) is 19.0. The number of hydrogen-bond donors (Lipinski definition) is 2. The van der Waals surface area contributed by atoms with E-state index < -0.39 is 24.3 Å². The highest BCUT2D eigenvalue weighted by Crippen LogP contribution is 2.28. The summed E-state index contributed by atoms with van der Waals surface area (Å²) in [4.78, 5) is 17.2. The van der Waals surface area contributed by atoms with Crippen LogP contribution in [0.15, 0.2) is 85.0 Å². The van der Waals surface area contributed by atoms with Crippen LogP contribution in [0.2, 0.25) is 0 Å². The van der Waals surface area contributed by atoms with Crippen molar-refractivity contribution in [3.8, 4) is 0 Å². The first-order valence-corrected chi connectivity index (χ1v) is 11.1. The first kappa shape index (κ1) is 23.8. The summed E-state index contributed by atoms with van der Waals surface area (Å²) in [7, 11) is 0. The van der Waals surface area contributed by atoms with E-state index in [1.807, 2.05) is 74.5 Å². The molecule has 0 aromatic heterocycles. The summed E-state index contributed by atoms with van der Waals surface area (Å²) < 4.78 is 0. The summed E-state index contributed by atoms with van der Waals surface area (Å²) in [6, 6.07) is 18.1. The molecule has 5 heteroatoms. The minimum atomic E-state index is -1.11. The summed E-state index contributed by atoms with van der Waals surface area (Å²) in [6.07, 6.45) is -1.33. The lowest BCUT2D eigenvalue weighted by Gasteiger charge is -2.36. The van der Waals surface area contributed by atoms with Gasteiger partial charge in [-0.05, 0) is 37.8 Å². The predicted molar refractivity (Wildman–Crippen MR) is 128 cm³/mol. The highest BCUT2D eigenvalue weighted by Gasteiger charge is 2.46. The number of aliphatic hydroxyl groups excluding tert-OH is 2. The molecular formula is C27H34N2O3. The van der Waals surface area contributed by atoms with Crippen LogP contribution < -0.4 is 0 Å². The van der Waals surface area contributed by atoms with Crippen LogP contribution in [-0.2, 0) is 12.8 Å². The van der Waals surface area contributed by atoms with Gasteiger partial charge in [0, 0.05) is 13.1 Å². The molecule has 4 atom stereocenters. The molecule has 2 aromatic rings. The number of nitrogens with zero attached hydrogens (tertiary/aromatic N) is 2. The van der Waals surface area contributed by atoms with Crippen molar-refractivity contribution < 1.29 is 15.0 Å². The normalized spacial score (nSPS) is 23.7. The molecule has 1 heterocycles. The fraction of sp³-hybridized carbons (Fsp3) is 0.370. The van der Waals surface area contributed by atoms with Crippen LogP contribution in [0.3, 0.4) is 0 Å². The lowest BCUT2D eigenvalue weighted by atomic mass is 9.91. The highest BCUT2D eigenvalue weighted by molar-refractivity contribution is 5.76. The van der Waals surface area contributed by atoms with Crippen molar-refractivity contribution in [1.82, 2.24) is 9.80 Å². The predicted octanol–water partition coefficient (Wildman–Crippen LogP) is 3.82. The molecule has 1 aliphatic heterocycles. The van der Waals surface area contributed by atoms with Gasteiger partial charge in [-0.1, -0.05) is 85.0 Å². The van der Waals surface area contributed by atoms with Crippen molar-refractivity contribution >= 4 is 6.03 Å². The van der Waals surface area contributed by atoms with Crippen LogP contribution in [0.25, 0.3) is 0 Å². The maximum absolute atomic E-state index is 13.9. The molecule has 1 aliphatic rings. The fourth-order valence-corrected chi connectivity index (χ4v) is 4.40. The number of carbonyl (C=O) groups excluding carboxylic acids is 1. The second kappa shape index (κ2) is 10.6. The van der Waals surface area contributed by atoms with Gasteiger partial charge in [-0.3, -0.25) is 0 Å². The van der Waals surface area contributed by atoms with Crippen LogP contribution in [0, 0.1) is 0 Å². The third kappa shape index (κ3) is 5.67. The van der Waals surface area contributed by atoms with E-state index in [-0.39, 0.29) is 6.03 Å². The monoisotopic (exact) mass is 434 g/mol. The number of hydrogen-bond acceptors (Lipinski definition) is 3. The molecule has 32 heavy (non-hydrogen) atoms. The maximum Gasteiger partial charge on any atom is 0.321 e. The summed E-state index contributed by atoms with van der Waals surface area (Å²) in [5.41, 5.74) is 3.62. The number of carbonyl (C=O) groups is 1. The SMILES string of the molecule is C=C(C)CN1C(=O)N(CC(=C)C)[C@H](Cc2ccccc2)[C@H](O)[C@@H](O)[C@H]1Cc1ccccc1. The zero-order valence-electron chi connectivity index (χ0n) is 19.0. The molecule has 3 rings (SSSR count). The Hall–Kier alpha value is -2.89. The minimum absolute atomic E-state index is 0.214. The van der Waals surface area contributed by atoms with E-state index in [9.17, 15) is 15.0 Å². The first-order chi connectivity index (χ1) is 15.3. The Morgan fingerprint density at radius 1 is 0.750 bits per heavy atom. The van der Waals surface area contributed by atoms with Gasteiger partial charge in [0.2, 0.25) is 0 Å². The Balaban J connectivity index is 2.03. The van der Waals surface area contributed by atoms with E-state index in [1.165, 1.54) is 0 Å². The van der Waals surface area contributed by atoms with Crippen molar-refractivity contribution in [2.45, 2.75) is 51.0 Å². The lowest BCUT2D eigenvalue weighted by molar-refractivity contribution is -0.0380. The van der Waals surface area contributed by atoms with Gasteiger partial charge in [0.1, 0.15) is 12.2 Å². The van der Waals surface area contributed by atoms with Gasteiger partial charge in [0.25, 0.3) is 0 Å². The summed E-state index contributed by atoms with van der Waals surface area (Å²) >= 11 is 0. The molecule has 1 fully saturated rings. The quantitative estimate of drug-likeness (QED) is 0.621. The lowest BCUT2D eigenvalue weighted by Crippen LogP contribution is -2.51. The van der Waals surface area contributed by atoms with E-state index in [4.69, 9.17) is 0 Å². The van der Waals surface area contributed by atoms with Crippen molar-refractivity contribution in [1.29, 1.82) is 0 Å². The van der Waals surface area contributed by atoms with Crippen LogP contribution in [0.5, 0.6) is 0 Å². The average Bonchev–Trinajstić information content (AvgIpc) is 2.82. The first-order valence-electron chi connectivity index (χ1n) is 11.1. The molecule has 0 saturated carbocycles. The van der Waals surface area contributed by atoms with Crippen molar-refractivity contribution in [2.75, 3.05) is 13.1 Å². The van der Waals surface area contributed by atoms with Gasteiger partial charge in [-0.25, -0.2) is 4.79 Å². The summed E-state index contributed by atoms with van der Waals surface area (Å²) in [5, 5.41) is 22.7. The average molecular weight is 435 g/mol. The fourth-order valence-electron chi connectivity index (χ4n) is 4.40. The molecule has 0 radical (unpaired) electrons. The molecule has 0 bridgehead atoms. The number of benzene rings is 2. The second-order valence-electron chi connectivity index (χ2n) is 8.95. The van der Waals surface area contributed by atoms with Crippen molar-refractivity contribution in [3.05, 3.63) is 96.1 Å². The second-order valence-corrected chi connectivity index (χ2v) is 8.95. The molecular weight excluding hydrogens is 400 g/mol. The molecule has 2 N–H and O–H groups in total. The number of aliphatic hydroxyl groups is 2. The van der Waals surface area contributed by atoms with E-state index in [2.05, 4.69) is 13.2 Å². The van der Waals surface area contributed by atoms with E-state index in [0.29, 0.717) is 25.9 Å². The smallest absolute Gasteiger partial charge is 0.321 e. The van der Waals surface area contributed by atoms with Crippen LogP contribution >= 0.6 is 0 Å². The molecule has 2 aromatic carbocycles. The third-order valence-corrected chi connectivity index (χ3v) is 5.89. The summed E-state index contributed by atoms with van der Waals surface area (Å²) in [6.45, 7) is 12.4. The van der Waals surface area contributed by atoms with E-state index >= 15 is 0 Å². The molecule has 0 aliphatic carbocycles. The van der Waals surface area contributed by atoms with Crippen LogP contribution in [-0.4, -0.2) is 63.4 Å². The molecule has 5 nitrogen and oxygen atoms in total. The largest absolute Gasteiger partial charge is 0.388 e. The molecule has 1 saturated heterocycles. The van der Waals surface area contributed by atoms with Crippen LogP contribution in [0.1, 0.15) is 25.0 Å². The summed E-state index contributed by atoms with van der Waals surface area (Å²) in [5.74, 6) is 0. The van der Waals surface area contributed by atoms with Crippen LogP contribution in [0.4, 0.5) is 4.79 Å². The van der Waals surface area contributed by atoms with Crippen molar-refractivity contribution in [2.24, 2.45) is 0 Å². The number of rotatable bonds is 8. The molecule has 0 spiro atoms. The van der Waals surface area contributed by atoms with Gasteiger partial charge in [0.05, 0.1) is 12.1 Å². The van der Waals surface area contributed by atoms with Crippen molar-refractivity contribution in [3.63, 3.8) is 0 Å². The Labute approximate surface area is 191 Å². The molecule has 2 amide bonds. The van der Waals surface area contributed by atoms with Gasteiger partial charge < -0.3 is 20.0 Å². The number of amides is 2. The maximum atomic E-state index is 13.9. The van der Waals surface area contributed by atoms with Gasteiger partial charge in [-0.2, -0.15) is 0 Å². The van der Waals surface area contributed by atoms with Gasteiger partial charge >= 0.3 is 6.03 Å². The Morgan fingerprint density at radius 2 is 1.09 bits per heavy atom. The van der Waals surface area contributed by atoms with Gasteiger partial charge in [0.15, 0.2) is 0 Å². The van der Waals surface area contributed by atoms with E-state index in [1.54, 1.807) is 9.80 Å². The van der Waals surface area contributed by atoms with Gasteiger partial charge in [-0.15, -0.1) is 0 Å². The third-order valence-electron chi connectivity index (χ3n) is 5.89. The minimum Gasteiger partial charge on any atom is -0.388 e. The standard InChI is InChI=1S/C27H34N2O3/c1-19(2)17-28-23(15-21-11-7-5-8-12-21)25(30)26(31)24(16-22-13-9-6-10-14-22)29(27(28)32)18-20(3)4/h5-14,23-26,30-31H,1,3,15-18H2,2,4H3/t23-,24-,25+,26+/m1/s1.